The number of rotatable bonds is 9. The van der Waals surface area contributed by atoms with E-state index in [4.69, 9.17) is 4.74 Å². The van der Waals surface area contributed by atoms with Crippen molar-refractivity contribution in [1.29, 1.82) is 0 Å². The van der Waals surface area contributed by atoms with Crippen LogP contribution in [-0.2, 0) is 9.53 Å². The molecule has 0 bridgehead atoms. The first-order valence-electron chi connectivity index (χ1n) is 7.26. The average molecular weight is 263 g/mol. The van der Waals surface area contributed by atoms with Gasteiger partial charge in [0.05, 0.1) is 6.61 Å². The lowest BCUT2D eigenvalue weighted by atomic mass is 10.1. The number of ether oxygens (including phenoxy) is 1. The maximum atomic E-state index is 11.9. The van der Waals surface area contributed by atoms with Gasteiger partial charge in [-0.1, -0.05) is 50.8 Å². The molecule has 1 rings (SSSR count). The van der Waals surface area contributed by atoms with Gasteiger partial charge in [-0.2, -0.15) is 0 Å². The lowest BCUT2D eigenvalue weighted by Gasteiger charge is -2.18. The van der Waals surface area contributed by atoms with Crippen LogP contribution in [0, 0.1) is 0 Å². The van der Waals surface area contributed by atoms with E-state index < -0.39 is 0 Å². The van der Waals surface area contributed by atoms with Gasteiger partial charge in [0.25, 0.3) is 0 Å². The highest BCUT2D eigenvalue weighted by Crippen LogP contribution is 2.13. The van der Waals surface area contributed by atoms with Crippen LogP contribution in [0.5, 0.6) is 0 Å². The van der Waals surface area contributed by atoms with Gasteiger partial charge < -0.3 is 10.1 Å². The van der Waals surface area contributed by atoms with Crippen molar-refractivity contribution in [3.63, 3.8) is 0 Å². The number of unbranched alkanes of at least 4 members (excludes halogenated alkanes) is 3. The highest BCUT2D eigenvalue weighted by Gasteiger charge is 2.18. The molecule has 1 unspecified atom stereocenters. The molecular weight excluding hydrogens is 238 g/mol. The van der Waals surface area contributed by atoms with Gasteiger partial charge in [-0.25, -0.2) is 4.79 Å². The maximum Gasteiger partial charge on any atom is 0.328 e. The standard InChI is InChI=1S/C16H25NO2/c1-3-5-6-10-13-15(16(18)19-4-2)17-14-11-8-7-9-12-14/h7-9,11-12,15,17H,3-6,10,13H2,1-2H3. The van der Waals surface area contributed by atoms with Gasteiger partial charge in [-0.15, -0.1) is 0 Å². The molecule has 0 aliphatic carbocycles. The minimum Gasteiger partial charge on any atom is -0.464 e. The summed E-state index contributed by atoms with van der Waals surface area (Å²) in [5.74, 6) is -0.150. The summed E-state index contributed by atoms with van der Waals surface area (Å²) in [6, 6.07) is 9.59. The minimum absolute atomic E-state index is 0.150. The van der Waals surface area contributed by atoms with Crippen molar-refractivity contribution in [2.75, 3.05) is 11.9 Å². The van der Waals surface area contributed by atoms with Gasteiger partial charge in [0.15, 0.2) is 0 Å². The molecule has 1 N–H and O–H groups in total. The molecule has 3 heteroatoms. The molecule has 0 saturated heterocycles. The molecule has 1 aromatic carbocycles. The lowest BCUT2D eigenvalue weighted by molar-refractivity contribution is -0.144. The average Bonchev–Trinajstić information content (AvgIpc) is 2.43. The third-order valence-corrected chi connectivity index (χ3v) is 3.03. The monoisotopic (exact) mass is 263 g/mol. The number of esters is 1. The number of hydrogen-bond acceptors (Lipinski definition) is 3. The number of carbonyl (C=O) groups excluding carboxylic acids is 1. The quantitative estimate of drug-likeness (QED) is 0.540. The van der Waals surface area contributed by atoms with Gasteiger partial charge >= 0.3 is 5.97 Å². The van der Waals surface area contributed by atoms with Crippen molar-refractivity contribution < 1.29 is 9.53 Å². The summed E-state index contributed by atoms with van der Waals surface area (Å²) in [4.78, 5) is 11.9. The summed E-state index contributed by atoms with van der Waals surface area (Å²) in [6.07, 6.45) is 5.48. The Hall–Kier alpha value is -1.51. The Balaban J connectivity index is 2.51. The number of benzene rings is 1. The molecule has 0 radical (unpaired) electrons. The second kappa shape index (κ2) is 9.42. The molecule has 1 aromatic rings. The molecule has 0 fully saturated rings. The summed E-state index contributed by atoms with van der Waals surface area (Å²) in [5.41, 5.74) is 0.969. The SMILES string of the molecule is CCCCCCC(Nc1ccccc1)C(=O)OCC. The highest BCUT2D eigenvalue weighted by molar-refractivity contribution is 5.79. The van der Waals surface area contributed by atoms with Crippen molar-refractivity contribution >= 4 is 11.7 Å². The summed E-state index contributed by atoms with van der Waals surface area (Å²) in [7, 11) is 0. The zero-order valence-electron chi connectivity index (χ0n) is 12.0. The summed E-state index contributed by atoms with van der Waals surface area (Å²) in [6.45, 7) is 4.46. The molecular formula is C16H25NO2. The van der Waals surface area contributed by atoms with Crippen LogP contribution in [-0.4, -0.2) is 18.6 Å². The van der Waals surface area contributed by atoms with Crippen LogP contribution in [0.2, 0.25) is 0 Å². The molecule has 0 spiro atoms. The molecule has 0 heterocycles. The zero-order chi connectivity index (χ0) is 13.9. The van der Waals surface area contributed by atoms with Crippen molar-refractivity contribution in [1.82, 2.24) is 0 Å². The van der Waals surface area contributed by atoms with E-state index in [1.807, 2.05) is 37.3 Å². The summed E-state index contributed by atoms with van der Waals surface area (Å²) < 4.78 is 5.13. The van der Waals surface area contributed by atoms with E-state index >= 15 is 0 Å². The first kappa shape index (κ1) is 15.5. The molecule has 0 amide bonds. The fourth-order valence-corrected chi connectivity index (χ4v) is 2.00. The van der Waals surface area contributed by atoms with Gasteiger partial charge in [-0.05, 0) is 25.5 Å². The first-order valence-corrected chi connectivity index (χ1v) is 7.26. The Kier molecular flexibility index (Phi) is 7.71. The largest absolute Gasteiger partial charge is 0.464 e. The number of nitrogens with one attached hydrogen (secondary N) is 1. The predicted octanol–water partition coefficient (Wildman–Crippen LogP) is 4.00. The van der Waals surface area contributed by atoms with Crippen LogP contribution < -0.4 is 5.32 Å². The molecule has 0 aromatic heterocycles. The van der Waals surface area contributed by atoms with Crippen LogP contribution in [0.1, 0.15) is 46.0 Å². The van der Waals surface area contributed by atoms with Crippen molar-refractivity contribution in [3.05, 3.63) is 30.3 Å². The lowest BCUT2D eigenvalue weighted by Crippen LogP contribution is -2.31. The van der Waals surface area contributed by atoms with E-state index in [1.165, 1.54) is 19.3 Å². The fourth-order valence-electron chi connectivity index (χ4n) is 2.00. The van der Waals surface area contributed by atoms with Gasteiger partial charge in [0, 0.05) is 5.69 Å². The zero-order valence-corrected chi connectivity index (χ0v) is 12.0. The van der Waals surface area contributed by atoms with Crippen LogP contribution in [0.15, 0.2) is 30.3 Å². The van der Waals surface area contributed by atoms with E-state index in [2.05, 4.69) is 12.2 Å². The van der Waals surface area contributed by atoms with Crippen LogP contribution >= 0.6 is 0 Å². The van der Waals surface area contributed by atoms with Crippen LogP contribution in [0.25, 0.3) is 0 Å². The minimum atomic E-state index is -0.237. The first-order chi connectivity index (χ1) is 9.27. The number of hydrogen-bond donors (Lipinski definition) is 1. The summed E-state index contributed by atoms with van der Waals surface area (Å²) in [5, 5.41) is 3.27. The molecule has 0 aliphatic rings. The number of anilines is 1. The van der Waals surface area contributed by atoms with Crippen molar-refractivity contribution in [2.24, 2.45) is 0 Å². The fraction of sp³-hybridized carbons (Fsp3) is 0.562. The maximum absolute atomic E-state index is 11.9. The van der Waals surface area contributed by atoms with E-state index in [1.54, 1.807) is 0 Å². The van der Waals surface area contributed by atoms with E-state index in [0.29, 0.717) is 6.61 Å². The smallest absolute Gasteiger partial charge is 0.328 e. The summed E-state index contributed by atoms with van der Waals surface area (Å²) >= 11 is 0. The molecule has 0 saturated carbocycles. The second-order valence-electron chi connectivity index (χ2n) is 4.66. The molecule has 3 nitrogen and oxygen atoms in total. The number of carbonyl (C=O) groups is 1. The Bertz CT molecular complexity index is 351. The van der Waals surface area contributed by atoms with Crippen molar-refractivity contribution in [2.45, 2.75) is 52.0 Å². The normalized spacial score (nSPS) is 11.9. The molecule has 106 valence electrons. The highest BCUT2D eigenvalue weighted by atomic mass is 16.5. The third kappa shape index (κ3) is 6.27. The molecule has 19 heavy (non-hydrogen) atoms. The molecule has 1 atom stereocenters. The Morgan fingerprint density at radius 1 is 1.16 bits per heavy atom. The number of para-hydroxylation sites is 1. The van der Waals surface area contributed by atoms with Gasteiger partial charge in [-0.3, -0.25) is 0 Å². The Labute approximate surface area is 116 Å². The Morgan fingerprint density at radius 3 is 2.53 bits per heavy atom. The van der Waals surface area contributed by atoms with E-state index in [-0.39, 0.29) is 12.0 Å². The van der Waals surface area contributed by atoms with Crippen molar-refractivity contribution in [3.8, 4) is 0 Å². The Morgan fingerprint density at radius 2 is 1.89 bits per heavy atom. The second-order valence-corrected chi connectivity index (χ2v) is 4.66. The van der Waals surface area contributed by atoms with Crippen LogP contribution in [0.4, 0.5) is 5.69 Å². The van der Waals surface area contributed by atoms with Gasteiger partial charge in [0.2, 0.25) is 0 Å². The topological polar surface area (TPSA) is 38.3 Å². The van der Waals surface area contributed by atoms with Crippen LogP contribution in [0.3, 0.4) is 0 Å². The molecule has 0 aliphatic heterocycles. The van der Waals surface area contributed by atoms with Gasteiger partial charge in [0.1, 0.15) is 6.04 Å². The van der Waals surface area contributed by atoms with E-state index in [0.717, 1.165) is 18.5 Å². The van der Waals surface area contributed by atoms with E-state index in [9.17, 15) is 4.79 Å². The predicted molar refractivity (Wildman–Crippen MR) is 79.2 cm³/mol. The third-order valence-electron chi connectivity index (χ3n) is 3.03.